The minimum atomic E-state index is -1.29. The maximum Gasteiger partial charge on any atom is 0.321 e. The van der Waals surface area contributed by atoms with Crippen LogP contribution in [0.1, 0.15) is 6.42 Å². The Morgan fingerprint density at radius 3 is 1.83 bits per heavy atom. The predicted octanol–water partition coefficient (Wildman–Crippen LogP) is -0.864. The van der Waals surface area contributed by atoms with Crippen molar-refractivity contribution in [1.82, 2.24) is 0 Å². The number of ether oxygens (including phenoxy) is 1. The first-order chi connectivity index (χ1) is 5.45. The molecule has 0 aromatic carbocycles. The first kappa shape index (κ1) is 13.4. The molecule has 1 atom stereocenters. The normalized spacial score (nSPS) is 10.9. The Bertz CT molecular complexity index is 147. The van der Waals surface area contributed by atoms with E-state index in [9.17, 15) is 9.59 Å². The van der Waals surface area contributed by atoms with Gasteiger partial charge in [0.15, 0.2) is 0 Å². The van der Waals surface area contributed by atoms with E-state index in [0.29, 0.717) is 0 Å². The molecule has 0 aliphatic heterocycles. The third-order valence-corrected chi connectivity index (χ3v) is 0.712. The molecule has 0 bridgehead atoms. The van der Waals surface area contributed by atoms with Crippen LogP contribution in [0.15, 0.2) is 0 Å². The highest BCUT2D eigenvalue weighted by Gasteiger charge is 2.14. The highest BCUT2D eigenvalue weighted by Crippen LogP contribution is 1.86. The molecule has 0 aromatic heterocycles. The Morgan fingerprint density at radius 2 is 1.75 bits per heavy atom. The molecule has 0 saturated heterocycles. The molecule has 0 amide bonds. The summed E-state index contributed by atoms with van der Waals surface area (Å²) in [5, 5.41) is 16.0. The standard InChI is InChI=1S/C4H7NO4.C2H6O/c5-2(4(8)9)1-3(6)7;1-3-2/h2H,1,5H2,(H,6,7)(H,8,9);1-2H3. The molecule has 0 aliphatic rings. The molecule has 6 nitrogen and oxygen atoms in total. The highest BCUT2D eigenvalue weighted by molar-refractivity contribution is 5.80. The fourth-order valence-corrected chi connectivity index (χ4v) is 0.275. The molecule has 0 saturated carbocycles. The minimum Gasteiger partial charge on any atom is -0.481 e. The summed E-state index contributed by atoms with van der Waals surface area (Å²) in [4.78, 5) is 19.6. The van der Waals surface area contributed by atoms with Gasteiger partial charge in [0.2, 0.25) is 0 Å². The van der Waals surface area contributed by atoms with Crippen molar-refractivity contribution in [2.75, 3.05) is 14.2 Å². The molecule has 0 aromatic rings. The van der Waals surface area contributed by atoms with Crippen LogP contribution < -0.4 is 5.73 Å². The van der Waals surface area contributed by atoms with Crippen LogP contribution in [0.2, 0.25) is 0 Å². The van der Waals surface area contributed by atoms with Gasteiger partial charge in [0.25, 0.3) is 0 Å². The molecule has 0 heterocycles. The first-order valence-electron chi connectivity index (χ1n) is 3.06. The molecule has 0 spiro atoms. The topological polar surface area (TPSA) is 110 Å². The molecule has 4 N–H and O–H groups in total. The van der Waals surface area contributed by atoms with Gasteiger partial charge in [0.05, 0.1) is 6.42 Å². The van der Waals surface area contributed by atoms with Crippen molar-refractivity contribution in [3.05, 3.63) is 0 Å². The zero-order valence-electron chi connectivity index (χ0n) is 6.98. The Kier molecular flexibility index (Phi) is 8.92. The van der Waals surface area contributed by atoms with Crippen molar-refractivity contribution in [1.29, 1.82) is 0 Å². The fraction of sp³-hybridized carbons (Fsp3) is 0.667. The van der Waals surface area contributed by atoms with E-state index in [1.165, 1.54) is 0 Å². The lowest BCUT2D eigenvalue weighted by Gasteiger charge is -1.99. The summed E-state index contributed by atoms with van der Waals surface area (Å²) in [6, 6.07) is -1.29. The summed E-state index contributed by atoms with van der Waals surface area (Å²) in [6.07, 6.45) is -0.532. The lowest BCUT2D eigenvalue weighted by molar-refractivity contribution is -0.144. The van der Waals surface area contributed by atoms with Gasteiger partial charge in [-0.15, -0.1) is 0 Å². The van der Waals surface area contributed by atoms with E-state index in [4.69, 9.17) is 15.9 Å². The van der Waals surface area contributed by atoms with Crippen LogP contribution in [0.4, 0.5) is 0 Å². The van der Waals surface area contributed by atoms with Crippen molar-refractivity contribution in [3.63, 3.8) is 0 Å². The number of aliphatic carboxylic acids is 2. The van der Waals surface area contributed by atoms with Gasteiger partial charge in [0.1, 0.15) is 6.04 Å². The van der Waals surface area contributed by atoms with Crippen LogP contribution >= 0.6 is 0 Å². The maximum absolute atomic E-state index is 9.85. The van der Waals surface area contributed by atoms with E-state index in [1.54, 1.807) is 14.2 Å². The van der Waals surface area contributed by atoms with E-state index in [2.05, 4.69) is 4.74 Å². The van der Waals surface area contributed by atoms with Crippen molar-refractivity contribution < 1.29 is 24.5 Å². The second-order valence-electron chi connectivity index (χ2n) is 1.95. The number of carboxylic acids is 2. The number of rotatable bonds is 3. The van der Waals surface area contributed by atoms with Crippen LogP contribution in [0, 0.1) is 0 Å². The molecule has 12 heavy (non-hydrogen) atoms. The first-order valence-corrected chi connectivity index (χ1v) is 3.06. The number of hydrogen-bond donors (Lipinski definition) is 3. The summed E-state index contributed by atoms with van der Waals surface area (Å²) >= 11 is 0. The summed E-state index contributed by atoms with van der Waals surface area (Å²) in [7, 11) is 3.25. The lowest BCUT2D eigenvalue weighted by atomic mass is 10.2. The number of nitrogens with two attached hydrogens (primary N) is 1. The van der Waals surface area contributed by atoms with E-state index in [-0.39, 0.29) is 0 Å². The quantitative estimate of drug-likeness (QED) is 0.519. The zero-order chi connectivity index (χ0) is 10.1. The van der Waals surface area contributed by atoms with Crippen molar-refractivity contribution >= 4 is 11.9 Å². The van der Waals surface area contributed by atoms with Crippen molar-refractivity contribution in [2.45, 2.75) is 12.5 Å². The van der Waals surface area contributed by atoms with E-state index in [0.717, 1.165) is 0 Å². The molecular formula is C6H13NO5. The van der Waals surface area contributed by atoms with Crippen LogP contribution in [0.25, 0.3) is 0 Å². The van der Waals surface area contributed by atoms with Crippen LogP contribution in [-0.2, 0) is 14.3 Å². The molecule has 6 heteroatoms. The zero-order valence-corrected chi connectivity index (χ0v) is 6.98. The van der Waals surface area contributed by atoms with Gasteiger partial charge in [0, 0.05) is 14.2 Å². The van der Waals surface area contributed by atoms with E-state index in [1.807, 2.05) is 0 Å². The van der Waals surface area contributed by atoms with Gasteiger partial charge in [-0.25, -0.2) is 0 Å². The fourth-order valence-electron chi connectivity index (χ4n) is 0.275. The maximum atomic E-state index is 9.85. The lowest BCUT2D eigenvalue weighted by Crippen LogP contribution is -2.32. The van der Waals surface area contributed by atoms with E-state index < -0.39 is 24.4 Å². The highest BCUT2D eigenvalue weighted by atomic mass is 16.4. The van der Waals surface area contributed by atoms with Crippen molar-refractivity contribution in [3.8, 4) is 0 Å². The summed E-state index contributed by atoms with van der Waals surface area (Å²) in [6.45, 7) is 0. The summed E-state index contributed by atoms with van der Waals surface area (Å²) < 4.78 is 4.25. The molecule has 72 valence electrons. The number of carbonyl (C=O) groups is 2. The molecule has 1 unspecified atom stereocenters. The summed E-state index contributed by atoms with van der Waals surface area (Å²) in [5.74, 6) is -2.50. The van der Waals surface area contributed by atoms with Gasteiger partial charge in [-0.2, -0.15) is 0 Å². The molecule has 0 rings (SSSR count). The number of hydrogen-bond acceptors (Lipinski definition) is 4. The minimum absolute atomic E-state index is 0.532. The third-order valence-electron chi connectivity index (χ3n) is 0.712. The van der Waals surface area contributed by atoms with Crippen LogP contribution in [0.5, 0.6) is 0 Å². The summed E-state index contributed by atoms with van der Waals surface area (Å²) in [5.41, 5.74) is 4.84. The van der Waals surface area contributed by atoms with Gasteiger partial charge in [-0.05, 0) is 0 Å². The van der Waals surface area contributed by atoms with Crippen LogP contribution in [0.3, 0.4) is 0 Å². The Morgan fingerprint density at radius 1 is 1.42 bits per heavy atom. The van der Waals surface area contributed by atoms with Crippen LogP contribution in [-0.4, -0.2) is 42.4 Å². The molecule has 0 radical (unpaired) electrons. The monoisotopic (exact) mass is 179 g/mol. The van der Waals surface area contributed by atoms with Crippen molar-refractivity contribution in [2.24, 2.45) is 5.73 Å². The number of methoxy groups -OCH3 is 1. The molecular weight excluding hydrogens is 166 g/mol. The number of carboxylic acid groups (broad SMARTS) is 2. The van der Waals surface area contributed by atoms with Gasteiger partial charge in [-0.1, -0.05) is 0 Å². The Hall–Kier alpha value is -1.14. The van der Waals surface area contributed by atoms with E-state index >= 15 is 0 Å². The third kappa shape index (κ3) is 11.6. The smallest absolute Gasteiger partial charge is 0.321 e. The van der Waals surface area contributed by atoms with Gasteiger partial charge >= 0.3 is 11.9 Å². The van der Waals surface area contributed by atoms with Gasteiger partial charge in [-0.3, -0.25) is 9.59 Å². The second-order valence-corrected chi connectivity index (χ2v) is 1.95. The Balaban J connectivity index is 0. The molecule has 0 aliphatic carbocycles. The second kappa shape index (κ2) is 7.96. The van der Waals surface area contributed by atoms with Gasteiger partial charge < -0.3 is 20.7 Å². The average molecular weight is 179 g/mol. The average Bonchev–Trinajstić information content (AvgIpc) is 1.87. The largest absolute Gasteiger partial charge is 0.481 e. The predicted molar refractivity (Wildman–Crippen MR) is 40.8 cm³/mol. The SMILES string of the molecule is COC.NC(CC(=O)O)C(=O)O. The Labute approximate surface area is 69.9 Å². The molecule has 0 fully saturated rings.